The van der Waals surface area contributed by atoms with E-state index >= 15 is 0 Å². The molecule has 0 fully saturated rings. The van der Waals surface area contributed by atoms with Crippen LogP contribution in [-0.4, -0.2) is 26.2 Å². The van der Waals surface area contributed by atoms with E-state index in [9.17, 15) is 18.0 Å². The molecular formula is C13H14ClF3O3. The van der Waals surface area contributed by atoms with Crippen molar-refractivity contribution >= 4 is 17.4 Å². The van der Waals surface area contributed by atoms with Crippen molar-refractivity contribution in [2.75, 3.05) is 14.2 Å². The summed E-state index contributed by atoms with van der Waals surface area (Å²) >= 11 is 5.93. The molecule has 0 atom stereocenters. The molecule has 1 aromatic rings. The smallest absolute Gasteiger partial charge is 0.389 e. The number of ketones is 1. The van der Waals surface area contributed by atoms with Gasteiger partial charge in [0.25, 0.3) is 0 Å². The van der Waals surface area contributed by atoms with Gasteiger partial charge in [0, 0.05) is 18.4 Å². The first kappa shape index (κ1) is 16.6. The molecule has 0 aliphatic heterocycles. The standard InChI is InChI=1S/C13H14ClF3O3/c1-19-11-7-8(6-9(14)12(11)20-2)10(18)4-3-5-13(15,16)17/h6-7H,3-5H2,1-2H3. The second-order valence-corrected chi connectivity index (χ2v) is 4.49. The lowest BCUT2D eigenvalue weighted by Gasteiger charge is -2.11. The zero-order valence-electron chi connectivity index (χ0n) is 11.0. The summed E-state index contributed by atoms with van der Waals surface area (Å²) in [4.78, 5) is 11.8. The average molecular weight is 311 g/mol. The van der Waals surface area contributed by atoms with Crippen molar-refractivity contribution in [1.82, 2.24) is 0 Å². The summed E-state index contributed by atoms with van der Waals surface area (Å²) in [6.07, 6.45) is -5.70. The molecule has 0 aromatic heterocycles. The van der Waals surface area contributed by atoms with Crippen LogP contribution < -0.4 is 9.47 Å². The molecule has 0 saturated heterocycles. The monoisotopic (exact) mass is 310 g/mol. The van der Waals surface area contributed by atoms with Crippen LogP contribution in [0.5, 0.6) is 11.5 Å². The van der Waals surface area contributed by atoms with E-state index in [0.29, 0.717) is 0 Å². The second-order valence-electron chi connectivity index (χ2n) is 4.09. The molecule has 0 N–H and O–H groups in total. The third kappa shape index (κ3) is 4.59. The number of carbonyl (C=O) groups excluding carboxylic acids is 1. The van der Waals surface area contributed by atoms with Crippen LogP contribution in [0, 0.1) is 0 Å². The predicted molar refractivity (Wildman–Crippen MR) is 68.8 cm³/mol. The van der Waals surface area contributed by atoms with Crippen LogP contribution in [0.2, 0.25) is 5.02 Å². The Hall–Kier alpha value is -1.43. The van der Waals surface area contributed by atoms with Gasteiger partial charge in [-0.05, 0) is 18.6 Å². The van der Waals surface area contributed by atoms with Gasteiger partial charge >= 0.3 is 6.18 Å². The molecule has 0 saturated carbocycles. The van der Waals surface area contributed by atoms with Crippen LogP contribution >= 0.6 is 11.6 Å². The minimum absolute atomic E-state index is 0.172. The largest absolute Gasteiger partial charge is 0.493 e. The maximum Gasteiger partial charge on any atom is 0.389 e. The minimum Gasteiger partial charge on any atom is -0.493 e. The number of alkyl halides is 3. The van der Waals surface area contributed by atoms with Crippen molar-refractivity contribution in [2.24, 2.45) is 0 Å². The van der Waals surface area contributed by atoms with Gasteiger partial charge in [0.1, 0.15) is 0 Å². The molecule has 0 radical (unpaired) electrons. The van der Waals surface area contributed by atoms with Gasteiger partial charge in [-0.3, -0.25) is 4.79 Å². The Morgan fingerprint density at radius 1 is 1.25 bits per heavy atom. The Labute approximate surface area is 119 Å². The summed E-state index contributed by atoms with van der Waals surface area (Å²) in [7, 11) is 2.78. The quantitative estimate of drug-likeness (QED) is 0.736. The fourth-order valence-corrected chi connectivity index (χ4v) is 1.96. The predicted octanol–water partition coefficient (Wildman–Crippen LogP) is 4.27. The highest BCUT2D eigenvalue weighted by Crippen LogP contribution is 2.36. The Morgan fingerprint density at radius 2 is 1.90 bits per heavy atom. The first-order valence-electron chi connectivity index (χ1n) is 5.80. The number of carbonyl (C=O) groups is 1. The van der Waals surface area contributed by atoms with Crippen molar-refractivity contribution < 1.29 is 27.4 Å². The SMILES string of the molecule is COc1cc(C(=O)CCCC(F)(F)F)cc(Cl)c1OC. The van der Waals surface area contributed by atoms with Gasteiger partial charge in [-0.2, -0.15) is 13.2 Å². The number of benzene rings is 1. The van der Waals surface area contributed by atoms with Crippen molar-refractivity contribution in [3.8, 4) is 11.5 Å². The van der Waals surface area contributed by atoms with Crippen molar-refractivity contribution in [3.63, 3.8) is 0 Å². The summed E-state index contributed by atoms with van der Waals surface area (Å²) in [5, 5.41) is 0.172. The highest BCUT2D eigenvalue weighted by atomic mass is 35.5. The minimum atomic E-state index is -4.25. The van der Waals surface area contributed by atoms with Crippen LogP contribution in [0.1, 0.15) is 29.6 Å². The van der Waals surface area contributed by atoms with Gasteiger partial charge in [-0.1, -0.05) is 11.6 Å². The normalized spacial score (nSPS) is 11.3. The van der Waals surface area contributed by atoms with Crippen LogP contribution in [-0.2, 0) is 0 Å². The zero-order chi connectivity index (χ0) is 15.3. The topological polar surface area (TPSA) is 35.5 Å². The van der Waals surface area contributed by atoms with E-state index in [1.807, 2.05) is 0 Å². The summed E-state index contributed by atoms with van der Waals surface area (Å²) in [5.74, 6) is 0.122. The van der Waals surface area contributed by atoms with E-state index < -0.39 is 18.4 Å². The van der Waals surface area contributed by atoms with Gasteiger partial charge < -0.3 is 9.47 Å². The van der Waals surface area contributed by atoms with Gasteiger partial charge in [-0.25, -0.2) is 0 Å². The second kappa shape index (κ2) is 6.83. The number of methoxy groups -OCH3 is 2. The molecule has 1 rings (SSSR count). The first-order valence-corrected chi connectivity index (χ1v) is 6.17. The van der Waals surface area contributed by atoms with Gasteiger partial charge in [-0.15, -0.1) is 0 Å². The highest BCUT2D eigenvalue weighted by Gasteiger charge is 2.26. The summed E-state index contributed by atoms with van der Waals surface area (Å²) < 4.78 is 46.1. The van der Waals surface area contributed by atoms with Crippen LogP contribution in [0.3, 0.4) is 0 Å². The molecule has 0 amide bonds. The number of rotatable bonds is 6. The van der Waals surface area contributed by atoms with Crippen LogP contribution in [0.25, 0.3) is 0 Å². The first-order chi connectivity index (χ1) is 9.28. The molecule has 3 nitrogen and oxygen atoms in total. The average Bonchev–Trinajstić information content (AvgIpc) is 2.35. The van der Waals surface area contributed by atoms with Crippen LogP contribution in [0.15, 0.2) is 12.1 Å². The number of halogens is 4. The van der Waals surface area contributed by atoms with Gasteiger partial charge in [0.2, 0.25) is 0 Å². The van der Waals surface area contributed by atoms with Crippen molar-refractivity contribution in [3.05, 3.63) is 22.7 Å². The molecular weight excluding hydrogens is 297 g/mol. The van der Waals surface area contributed by atoms with E-state index in [1.165, 1.54) is 26.4 Å². The third-order valence-electron chi connectivity index (χ3n) is 2.62. The van der Waals surface area contributed by atoms with Gasteiger partial charge in [0.15, 0.2) is 17.3 Å². The lowest BCUT2D eigenvalue weighted by molar-refractivity contribution is -0.135. The van der Waals surface area contributed by atoms with Gasteiger partial charge in [0.05, 0.1) is 19.2 Å². The fraction of sp³-hybridized carbons (Fsp3) is 0.462. The van der Waals surface area contributed by atoms with E-state index in [2.05, 4.69) is 0 Å². The maximum absolute atomic E-state index is 12.0. The van der Waals surface area contributed by atoms with Crippen molar-refractivity contribution in [1.29, 1.82) is 0 Å². The highest BCUT2D eigenvalue weighted by molar-refractivity contribution is 6.32. The molecule has 0 heterocycles. The summed E-state index contributed by atoms with van der Waals surface area (Å²) in [6.45, 7) is 0. The molecule has 7 heteroatoms. The van der Waals surface area contributed by atoms with E-state index in [4.69, 9.17) is 21.1 Å². The molecule has 0 aliphatic carbocycles. The molecule has 0 spiro atoms. The van der Waals surface area contributed by atoms with E-state index in [0.717, 1.165) is 0 Å². The Balaban J connectivity index is 2.81. The molecule has 0 unspecified atom stereocenters. The third-order valence-corrected chi connectivity index (χ3v) is 2.90. The summed E-state index contributed by atoms with van der Waals surface area (Å²) in [6, 6.07) is 2.76. The number of hydrogen-bond acceptors (Lipinski definition) is 3. The van der Waals surface area contributed by atoms with Crippen molar-refractivity contribution in [2.45, 2.75) is 25.4 Å². The molecule has 0 bridgehead atoms. The number of Topliss-reactive ketones (excluding diaryl/α,β-unsaturated/α-hetero) is 1. The Bertz CT molecular complexity index is 486. The summed E-state index contributed by atoms with van der Waals surface area (Å²) in [5.41, 5.74) is 0.204. The number of hydrogen-bond donors (Lipinski definition) is 0. The maximum atomic E-state index is 12.0. The van der Waals surface area contributed by atoms with E-state index in [1.54, 1.807) is 0 Å². The number of ether oxygens (including phenoxy) is 2. The van der Waals surface area contributed by atoms with E-state index in [-0.39, 0.29) is 34.9 Å². The molecule has 0 aliphatic rings. The van der Waals surface area contributed by atoms with Crippen LogP contribution in [0.4, 0.5) is 13.2 Å². The molecule has 112 valence electrons. The lowest BCUT2D eigenvalue weighted by atomic mass is 10.0. The Morgan fingerprint density at radius 3 is 2.40 bits per heavy atom. The zero-order valence-corrected chi connectivity index (χ0v) is 11.8. The fourth-order valence-electron chi connectivity index (χ4n) is 1.67. The molecule has 20 heavy (non-hydrogen) atoms. The molecule has 1 aromatic carbocycles. The Kier molecular flexibility index (Phi) is 5.68. The lowest BCUT2D eigenvalue weighted by Crippen LogP contribution is -2.08.